The third kappa shape index (κ3) is 2.56. The lowest BCUT2D eigenvalue weighted by molar-refractivity contribution is -0.127. The fourth-order valence-electron chi connectivity index (χ4n) is 1.51. The van der Waals surface area contributed by atoms with E-state index >= 15 is 0 Å². The normalized spacial score (nSPS) is 16.3. The third-order valence-electron chi connectivity index (χ3n) is 2.50. The van der Waals surface area contributed by atoms with Gasteiger partial charge in [0, 0.05) is 29.3 Å². The number of nitrogens with zero attached hydrogens (tertiary/aromatic N) is 1. The summed E-state index contributed by atoms with van der Waals surface area (Å²) in [6.45, 7) is 2.52. The maximum atomic E-state index is 10.7. The number of aromatic nitrogens is 1. The number of carbonyl (C=O) groups is 1. The van der Waals surface area contributed by atoms with Crippen LogP contribution in [0.4, 0.5) is 0 Å². The van der Waals surface area contributed by atoms with Crippen LogP contribution in [0.2, 0.25) is 0 Å². The Morgan fingerprint density at radius 3 is 2.87 bits per heavy atom. The molecular formula is C11H12BrNO2. The molecule has 0 aliphatic heterocycles. The van der Waals surface area contributed by atoms with Crippen molar-refractivity contribution in [1.29, 1.82) is 0 Å². The molecule has 0 saturated heterocycles. The summed E-state index contributed by atoms with van der Waals surface area (Å²) in [5.41, 5.74) is 0.914. The molecule has 0 N–H and O–H groups in total. The van der Waals surface area contributed by atoms with E-state index in [-0.39, 0.29) is 0 Å². The highest BCUT2D eigenvalue weighted by Gasteiger charge is 2.26. The molecule has 1 fully saturated rings. The van der Waals surface area contributed by atoms with Gasteiger partial charge in [0.05, 0.1) is 12.3 Å². The van der Waals surface area contributed by atoms with Crippen molar-refractivity contribution in [3.8, 4) is 5.88 Å². The number of rotatable bonds is 3. The van der Waals surface area contributed by atoms with Crippen molar-refractivity contribution in [2.75, 3.05) is 6.61 Å². The first-order valence-electron chi connectivity index (χ1n) is 4.93. The van der Waals surface area contributed by atoms with Gasteiger partial charge in [-0.25, -0.2) is 4.98 Å². The topological polar surface area (TPSA) is 39.2 Å². The predicted octanol–water partition coefficient (Wildman–Crippen LogP) is 2.51. The molecule has 0 amide bonds. The van der Waals surface area contributed by atoms with Crippen LogP contribution in [0, 0.1) is 12.8 Å². The average Bonchev–Trinajstić information content (AvgIpc) is 2.16. The maximum absolute atomic E-state index is 10.7. The number of ether oxygens (including phenoxy) is 1. The Morgan fingerprint density at radius 2 is 2.27 bits per heavy atom. The third-order valence-corrected chi connectivity index (χ3v) is 3.33. The summed E-state index contributed by atoms with van der Waals surface area (Å²) < 4.78 is 6.49. The molecule has 1 aliphatic carbocycles. The monoisotopic (exact) mass is 269 g/mol. The molecule has 1 aliphatic rings. The van der Waals surface area contributed by atoms with Gasteiger partial charge in [-0.05, 0) is 28.9 Å². The number of Topliss-reactive ketones (excluding diaryl/α,β-unsaturated/α-hetero) is 1. The fraction of sp³-hybridized carbons (Fsp3) is 0.455. The molecule has 0 spiro atoms. The zero-order valence-corrected chi connectivity index (χ0v) is 10.1. The molecule has 4 heteroatoms. The smallest absolute Gasteiger partial charge is 0.213 e. The van der Waals surface area contributed by atoms with Crippen molar-refractivity contribution in [3.63, 3.8) is 0 Å². The molecule has 0 unspecified atom stereocenters. The Labute approximate surface area is 97.0 Å². The second-order valence-corrected chi connectivity index (χ2v) is 4.70. The standard InChI is InChI=1S/C11H12BrNO2/c1-7-10(12)2-3-11(13-7)15-6-8-4-9(14)5-8/h2-3,8H,4-6H2,1H3. The minimum Gasteiger partial charge on any atom is -0.477 e. The van der Waals surface area contributed by atoms with Crippen molar-refractivity contribution >= 4 is 21.7 Å². The predicted molar refractivity (Wildman–Crippen MR) is 59.9 cm³/mol. The van der Waals surface area contributed by atoms with Crippen LogP contribution in [0.5, 0.6) is 5.88 Å². The zero-order valence-electron chi connectivity index (χ0n) is 8.50. The van der Waals surface area contributed by atoms with Crippen LogP contribution in [0.25, 0.3) is 0 Å². The molecule has 0 radical (unpaired) electrons. The first-order valence-corrected chi connectivity index (χ1v) is 5.72. The van der Waals surface area contributed by atoms with Crippen molar-refractivity contribution in [2.45, 2.75) is 19.8 Å². The van der Waals surface area contributed by atoms with E-state index in [0.717, 1.165) is 10.2 Å². The van der Waals surface area contributed by atoms with E-state index in [0.29, 0.717) is 37.0 Å². The Kier molecular flexibility index (Phi) is 3.05. The maximum Gasteiger partial charge on any atom is 0.213 e. The van der Waals surface area contributed by atoms with Gasteiger partial charge in [-0.1, -0.05) is 0 Å². The number of halogens is 1. The highest BCUT2D eigenvalue weighted by molar-refractivity contribution is 9.10. The molecule has 1 heterocycles. The van der Waals surface area contributed by atoms with Crippen molar-refractivity contribution in [2.24, 2.45) is 5.92 Å². The Morgan fingerprint density at radius 1 is 1.53 bits per heavy atom. The van der Waals surface area contributed by atoms with E-state index in [9.17, 15) is 4.79 Å². The van der Waals surface area contributed by atoms with Crippen molar-refractivity contribution < 1.29 is 9.53 Å². The highest BCUT2D eigenvalue weighted by Crippen LogP contribution is 2.24. The largest absolute Gasteiger partial charge is 0.477 e. The first kappa shape index (κ1) is 10.6. The van der Waals surface area contributed by atoms with E-state index in [4.69, 9.17) is 4.74 Å². The second-order valence-electron chi connectivity index (χ2n) is 3.84. The van der Waals surface area contributed by atoms with Crippen molar-refractivity contribution in [1.82, 2.24) is 4.98 Å². The molecule has 0 aromatic carbocycles. The summed E-state index contributed by atoms with van der Waals surface area (Å²) >= 11 is 3.38. The SMILES string of the molecule is Cc1nc(OCC2CC(=O)C2)ccc1Br. The van der Waals surface area contributed by atoms with Crippen LogP contribution < -0.4 is 4.74 Å². The molecule has 1 saturated carbocycles. The summed E-state index contributed by atoms with van der Waals surface area (Å²) in [6, 6.07) is 3.75. The van der Waals surface area contributed by atoms with Crippen molar-refractivity contribution in [3.05, 3.63) is 22.3 Å². The minimum atomic E-state index is 0.337. The van der Waals surface area contributed by atoms with E-state index in [1.54, 1.807) is 0 Å². The number of hydrogen-bond acceptors (Lipinski definition) is 3. The van der Waals surface area contributed by atoms with Gasteiger partial charge in [-0.3, -0.25) is 4.79 Å². The average molecular weight is 270 g/mol. The number of pyridine rings is 1. The number of carbonyl (C=O) groups excluding carboxylic acids is 1. The van der Waals surface area contributed by atoms with E-state index < -0.39 is 0 Å². The van der Waals surface area contributed by atoms with E-state index in [1.807, 2.05) is 19.1 Å². The Bertz CT molecular complexity index is 384. The molecule has 0 bridgehead atoms. The van der Waals surface area contributed by atoms with Gasteiger partial charge in [-0.2, -0.15) is 0 Å². The van der Waals surface area contributed by atoms with Gasteiger partial charge < -0.3 is 4.74 Å². The molecular weight excluding hydrogens is 258 g/mol. The molecule has 1 aromatic rings. The van der Waals surface area contributed by atoms with Gasteiger partial charge >= 0.3 is 0 Å². The van der Waals surface area contributed by atoms with Crippen LogP contribution in [0.1, 0.15) is 18.5 Å². The van der Waals surface area contributed by atoms with Gasteiger partial charge in [0.1, 0.15) is 5.78 Å². The summed E-state index contributed by atoms with van der Waals surface area (Å²) in [5, 5.41) is 0. The second kappa shape index (κ2) is 4.31. The lowest BCUT2D eigenvalue weighted by atomic mass is 9.85. The molecule has 1 aromatic heterocycles. The van der Waals surface area contributed by atoms with Crippen LogP contribution in [-0.4, -0.2) is 17.4 Å². The molecule has 80 valence electrons. The molecule has 2 rings (SSSR count). The summed E-state index contributed by atoms with van der Waals surface area (Å²) in [6.07, 6.45) is 1.32. The lowest BCUT2D eigenvalue weighted by Crippen LogP contribution is -2.28. The summed E-state index contributed by atoms with van der Waals surface area (Å²) in [4.78, 5) is 15.0. The quantitative estimate of drug-likeness (QED) is 0.847. The summed E-state index contributed by atoms with van der Waals surface area (Å²) in [7, 11) is 0. The number of hydrogen-bond donors (Lipinski definition) is 0. The molecule has 3 nitrogen and oxygen atoms in total. The number of ketones is 1. The van der Waals surface area contributed by atoms with Crippen LogP contribution in [-0.2, 0) is 4.79 Å². The minimum absolute atomic E-state index is 0.337. The first-order chi connectivity index (χ1) is 7.15. The van der Waals surface area contributed by atoms with Gasteiger partial charge in [0.25, 0.3) is 0 Å². The van der Waals surface area contributed by atoms with Gasteiger partial charge in [0.15, 0.2) is 0 Å². The Balaban J connectivity index is 1.88. The van der Waals surface area contributed by atoms with Crippen LogP contribution in [0.3, 0.4) is 0 Å². The zero-order chi connectivity index (χ0) is 10.8. The van der Waals surface area contributed by atoms with E-state index in [1.165, 1.54) is 0 Å². The van der Waals surface area contributed by atoms with Gasteiger partial charge in [-0.15, -0.1) is 0 Å². The summed E-state index contributed by atoms with van der Waals surface area (Å²) in [5.74, 6) is 1.36. The highest BCUT2D eigenvalue weighted by atomic mass is 79.9. The van der Waals surface area contributed by atoms with Crippen LogP contribution >= 0.6 is 15.9 Å². The van der Waals surface area contributed by atoms with Gasteiger partial charge in [0.2, 0.25) is 5.88 Å². The molecule has 15 heavy (non-hydrogen) atoms. The Hall–Kier alpha value is -0.900. The van der Waals surface area contributed by atoms with E-state index in [2.05, 4.69) is 20.9 Å². The lowest BCUT2D eigenvalue weighted by Gasteiger charge is -2.23. The van der Waals surface area contributed by atoms with Crippen LogP contribution in [0.15, 0.2) is 16.6 Å². The fourth-order valence-corrected chi connectivity index (χ4v) is 1.73. The molecule has 0 atom stereocenters. The number of aryl methyl sites for hydroxylation is 1.